The molecule has 0 spiro atoms. The fourth-order valence-corrected chi connectivity index (χ4v) is 17.7. The van der Waals surface area contributed by atoms with Gasteiger partial charge in [-0.3, -0.25) is 0 Å². The minimum absolute atomic E-state index is 0. The first-order chi connectivity index (χ1) is 14.3. The molecule has 33 heavy (non-hydrogen) atoms. The van der Waals surface area contributed by atoms with E-state index in [-0.39, 0.29) is 14.9 Å². The van der Waals surface area contributed by atoms with Crippen LogP contribution in [-0.4, -0.2) is 155 Å². The Bertz CT molecular complexity index is 713. The fourth-order valence-electron chi connectivity index (χ4n) is 2.61. The molecule has 19 heteroatoms. The van der Waals surface area contributed by atoms with Crippen molar-refractivity contribution in [3.8, 4) is 0 Å². The molecular weight excluding hydrogens is 684 g/mol. The number of rotatable bonds is 8. The van der Waals surface area contributed by atoms with Crippen LogP contribution in [0.5, 0.6) is 0 Å². The number of carbonyl (C=O) groups is 2. The van der Waals surface area contributed by atoms with Crippen molar-refractivity contribution in [1.29, 1.82) is 0 Å². The Morgan fingerprint density at radius 1 is 0.758 bits per heavy atom. The zero-order valence-corrected chi connectivity index (χ0v) is 20.3. The molecule has 0 aromatic heterocycles. The van der Waals surface area contributed by atoms with Gasteiger partial charge in [-0.15, -0.1) is 0 Å². The summed E-state index contributed by atoms with van der Waals surface area (Å²) in [6.07, 6.45) is -17.1. The van der Waals surface area contributed by atoms with E-state index >= 15 is 0 Å². The standard InChI is InChI=1S/2C6H10O7.2CH4.3O.2Sb/c2*7-1-2(8)3(9)4(10)5(11)6(12)13;;;;;;;/h2*2-5,7-8,10H,1H2,(H,12,13);2*1H4;;;;;/q2*-2;;;;;;2*+2/t2*2-,3-,4+,5-;;;;;;;/m11......./s1. The summed E-state index contributed by atoms with van der Waals surface area (Å²) in [5.41, 5.74) is 0. The van der Waals surface area contributed by atoms with Crippen molar-refractivity contribution < 1.29 is 69.8 Å². The van der Waals surface area contributed by atoms with Gasteiger partial charge in [0.25, 0.3) is 0 Å². The molecule has 0 aromatic rings. The molecule has 0 bridgehead atoms. The number of aliphatic carboxylic acids is 2. The van der Waals surface area contributed by atoms with Crippen LogP contribution in [0.1, 0.15) is 14.9 Å². The van der Waals surface area contributed by atoms with Crippen molar-refractivity contribution in [2.75, 3.05) is 13.2 Å². The summed E-state index contributed by atoms with van der Waals surface area (Å²) >= 11 is -13.0. The van der Waals surface area contributed by atoms with Crippen LogP contribution in [0.3, 0.4) is 0 Å². The topological polar surface area (TPSA) is 276 Å². The van der Waals surface area contributed by atoms with Gasteiger partial charge in [0.2, 0.25) is 0 Å². The van der Waals surface area contributed by atoms with Gasteiger partial charge in [0.05, 0.1) is 0 Å². The van der Waals surface area contributed by atoms with E-state index in [1.807, 2.05) is 0 Å². The molecular formula is C14H28O17Sb2. The zero-order chi connectivity index (χ0) is 23.7. The van der Waals surface area contributed by atoms with Crippen molar-refractivity contribution in [2.24, 2.45) is 0 Å². The number of aliphatic hydroxyl groups is 6. The molecule has 2 rings (SSSR count). The van der Waals surface area contributed by atoms with Crippen molar-refractivity contribution in [3.63, 3.8) is 0 Å². The number of carboxylic acids is 2. The molecule has 2 aliphatic heterocycles. The molecule has 2 fully saturated rings. The quantitative estimate of drug-likeness (QED) is 0.110. The first kappa shape index (κ1) is 32.7. The van der Waals surface area contributed by atoms with Crippen LogP contribution in [-0.2, 0) is 29.0 Å². The minimum atomic E-state index is -6.51. The second-order valence-electron chi connectivity index (χ2n) is 6.33. The second-order valence-corrected chi connectivity index (χ2v) is 17.4. The Kier molecular flexibility index (Phi) is 12.5. The summed E-state index contributed by atoms with van der Waals surface area (Å²) in [4.78, 5) is 22.6. The first-order valence-corrected chi connectivity index (χ1v) is 16.7. The molecule has 196 valence electrons. The third-order valence-electron chi connectivity index (χ3n) is 4.10. The Morgan fingerprint density at radius 2 is 1.06 bits per heavy atom. The Morgan fingerprint density at radius 3 is 1.30 bits per heavy atom. The molecule has 2 heterocycles. The van der Waals surface area contributed by atoms with E-state index in [0.717, 1.165) is 0 Å². The van der Waals surface area contributed by atoms with E-state index < -0.39 is 114 Å². The van der Waals surface area contributed by atoms with E-state index in [0.29, 0.717) is 0 Å². The van der Waals surface area contributed by atoms with Crippen LogP contribution < -0.4 is 0 Å². The van der Waals surface area contributed by atoms with Crippen LogP contribution in [0.15, 0.2) is 0 Å². The third kappa shape index (κ3) is 7.36. The fraction of sp³-hybridized carbons (Fsp3) is 0.857. The van der Waals surface area contributed by atoms with E-state index in [2.05, 4.69) is 7.32 Å². The molecule has 0 aliphatic carbocycles. The number of aliphatic hydroxyl groups excluding tert-OH is 6. The van der Waals surface area contributed by atoms with Crippen LogP contribution in [0.2, 0.25) is 0 Å². The molecule has 0 unspecified atom stereocenters. The van der Waals surface area contributed by atoms with Gasteiger partial charge in [-0.05, 0) is 0 Å². The van der Waals surface area contributed by atoms with Crippen LogP contribution in [0.25, 0.3) is 0 Å². The average Bonchev–Trinajstić information content (AvgIpc) is 2.69. The maximum atomic E-state index is 12.9. The normalized spacial score (nSPS) is 40.5. The summed E-state index contributed by atoms with van der Waals surface area (Å²) in [6.45, 7) is -2.19. The Hall–Kier alpha value is -0.264. The Labute approximate surface area is 198 Å². The molecule has 8 N–H and O–H groups in total. The number of hydrogen-bond acceptors (Lipinski definition) is 15. The Balaban J connectivity index is 0.00000512. The number of carboxylic acid groups (broad SMARTS) is 2. The van der Waals surface area contributed by atoms with E-state index in [1.165, 1.54) is 0 Å². The first-order valence-electron chi connectivity index (χ1n) is 8.32. The van der Waals surface area contributed by atoms with Gasteiger partial charge < -0.3 is 0 Å². The SMILES string of the molecule is C.C.O=C(O)[C@@H]1[O][Sb](=[O])([O][Sb]2(=[O])[O][C@H]([C@H](O)CO)[C@H](O)[C@H](C(=O)O)[O]2)[O][C@H]([C@H](O)CO)[C@@H]1O. The van der Waals surface area contributed by atoms with Gasteiger partial charge in [0, 0.05) is 0 Å². The summed E-state index contributed by atoms with van der Waals surface area (Å²) in [7, 11) is 0. The third-order valence-corrected chi connectivity index (χ3v) is 18.5. The molecule has 2 aliphatic rings. The summed E-state index contributed by atoms with van der Waals surface area (Å²) in [5, 5.41) is 75.6. The van der Waals surface area contributed by atoms with Gasteiger partial charge >= 0.3 is 184 Å². The van der Waals surface area contributed by atoms with E-state index in [1.54, 1.807) is 0 Å². The van der Waals surface area contributed by atoms with Crippen molar-refractivity contribution in [1.82, 2.24) is 0 Å². The molecule has 17 nitrogen and oxygen atoms in total. The molecule has 0 aromatic carbocycles. The summed E-state index contributed by atoms with van der Waals surface area (Å²) in [5.74, 6) is -3.81. The van der Waals surface area contributed by atoms with Crippen LogP contribution in [0.4, 0.5) is 0 Å². The van der Waals surface area contributed by atoms with E-state index in [9.17, 15) is 36.1 Å². The maximum absolute atomic E-state index is 12.9. The van der Waals surface area contributed by atoms with Gasteiger partial charge in [0.15, 0.2) is 0 Å². The summed E-state index contributed by atoms with van der Waals surface area (Å²) in [6, 6.07) is 0. The predicted octanol–water partition coefficient (Wildman–Crippen LogP) is -4.83. The number of hydrogen-bond donors (Lipinski definition) is 8. The van der Waals surface area contributed by atoms with Crippen molar-refractivity contribution in [3.05, 3.63) is 0 Å². The predicted molar refractivity (Wildman–Crippen MR) is 100 cm³/mol. The van der Waals surface area contributed by atoms with E-state index in [4.69, 9.17) is 26.5 Å². The van der Waals surface area contributed by atoms with Gasteiger partial charge in [0.1, 0.15) is 0 Å². The molecule has 0 amide bonds. The second kappa shape index (κ2) is 12.6. The summed E-state index contributed by atoms with van der Waals surface area (Å²) < 4.78 is 49.3. The van der Waals surface area contributed by atoms with Gasteiger partial charge in [-0.2, -0.15) is 0 Å². The van der Waals surface area contributed by atoms with Crippen molar-refractivity contribution in [2.45, 2.75) is 63.7 Å². The van der Waals surface area contributed by atoms with Gasteiger partial charge in [-0.25, -0.2) is 0 Å². The molecule has 2 saturated heterocycles. The average molecular weight is 712 g/mol. The monoisotopic (exact) mass is 710 g/mol. The van der Waals surface area contributed by atoms with Crippen LogP contribution >= 0.6 is 0 Å². The molecule has 0 saturated carbocycles. The van der Waals surface area contributed by atoms with Crippen molar-refractivity contribution >= 4 is 52.0 Å². The molecule has 0 radical (unpaired) electrons. The van der Waals surface area contributed by atoms with Gasteiger partial charge in [-0.1, -0.05) is 14.9 Å². The molecule has 8 atom stereocenters. The van der Waals surface area contributed by atoms with Crippen LogP contribution in [0, 0.1) is 0 Å². The zero-order valence-electron chi connectivity index (χ0n) is 15.2.